The number of carbonyl (C=O) groups excluding carboxylic acids is 4. The number of hydrogen-bond donors (Lipinski definition) is 4. The van der Waals surface area contributed by atoms with Gasteiger partial charge in [-0.3, -0.25) is 9.80 Å². The molecule has 0 aliphatic carbocycles. The molecule has 0 aromatic heterocycles. The number of aliphatic hydroxyl groups is 2. The van der Waals surface area contributed by atoms with Crippen LogP contribution in [0.15, 0.2) is 85.0 Å². The second-order valence-corrected chi connectivity index (χ2v) is 11.8. The van der Waals surface area contributed by atoms with Crippen LogP contribution in [0.1, 0.15) is 43.0 Å². The van der Waals surface area contributed by atoms with Gasteiger partial charge in [0.25, 0.3) is 0 Å². The van der Waals surface area contributed by atoms with E-state index in [1.807, 2.05) is 0 Å². The van der Waals surface area contributed by atoms with Gasteiger partial charge in [0, 0.05) is 26.2 Å². The number of nitrogens with zero attached hydrogens (tertiary/aromatic N) is 2. The predicted octanol–water partition coefficient (Wildman–Crippen LogP) is 4.20. The van der Waals surface area contributed by atoms with E-state index >= 15 is 8.78 Å². The molecule has 304 valence electrons. The van der Waals surface area contributed by atoms with Gasteiger partial charge in [0.1, 0.15) is 18.8 Å². The van der Waals surface area contributed by atoms with E-state index in [4.69, 9.17) is 24.1 Å². The van der Waals surface area contributed by atoms with Crippen molar-refractivity contribution in [3.8, 4) is 0 Å². The van der Waals surface area contributed by atoms with E-state index in [1.165, 1.54) is 24.3 Å². The van der Waals surface area contributed by atoms with Crippen LogP contribution < -0.4 is 10.6 Å². The van der Waals surface area contributed by atoms with E-state index < -0.39 is 85.9 Å². The van der Waals surface area contributed by atoms with Crippen LogP contribution in [-0.2, 0) is 18.9 Å². The Morgan fingerprint density at radius 2 is 1.18 bits per heavy atom. The molecule has 2 aromatic carbocycles. The topological polar surface area (TPSA) is 176 Å². The molecule has 4 aliphatic rings. The van der Waals surface area contributed by atoms with Gasteiger partial charge in [0.2, 0.25) is 12.5 Å². The van der Waals surface area contributed by atoms with Crippen molar-refractivity contribution in [2.75, 3.05) is 39.4 Å². The third kappa shape index (κ3) is 10.4. The van der Waals surface area contributed by atoms with Gasteiger partial charge in [-0.1, -0.05) is 83.0 Å². The molecule has 0 spiro atoms. The Balaban J connectivity index is 0.000000425. The lowest BCUT2D eigenvalue weighted by Crippen LogP contribution is -2.54. The number of carbonyl (C=O) groups is 4. The number of rotatable bonds is 8. The lowest BCUT2D eigenvalue weighted by atomic mass is 10.1. The van der Waals surface area contributed by atoms with Crippen LogP contribution in [-0.4, -0.2) is 132 Å². The summed E-state index contributed by atoms with van der Waals surface area (Å²) in [5.74, 6) is -9.15. The van der Waals surface area contributed by atoms with Gasteiger partial charge < -0.3 is 39.8 Å². The molecule has 6 rings (SSSR count). The van der Waals surface area contributed by atoms with Crippen LogP contribution in [0.4, 0.5) is 27.2 Å². The molecule has 4 heterocycles. The Morgan fingerprint density at radius 1 is 0.727 bits per heavy atom. The summed E-state index contributed by atoms with van der Waals surface area (Å²) in [7, 11) is 0. The van der Waals surface area contributed by atoms with Gasteiger partial charge in [-0.25, -0.2) is 19.2 Å². The molecule has 6 atom stereocenters. The van der Waals surface area contributed by atoms with Gasteiger partial charge in [0.05, 0.1) is 17.7 Å². The van der Waals surface area contributed by atoms with E-state index in [0.29, 0.717) is 0 Å². The summed E-state index contributed by atoms with van der Waals surface area (Å²) in [6, 6.07) is 14.2. The Kier molecular flexibility index (Phi) is 16.8. The average molecular weight is 785 g/mol. The highest BCUT2D eigenvalue weighted by molar-refractivity contribution is 5.90. The summed E-state index contributed by atoms with van der Waals surface area (Å²) >= 11 is 0. The smallest absolute Gasteiger partial charge is 0.338 e. The van der Waals surface area contributed by atoms with Crippen molar-refractivity contribution < 1.29 is 65.9 Å². The largest absolute Gasteiger partial charge is 0.459 e. The Bertz CT molecular complexity index is 1640. The highest BCUT2D eigenvalue weighted by Crippen LogP contribution is 2.41. The summed E-state index contributed by atoms with van der Waals surface area (Å²) in [5, 5.41) is 23.1. The zero-order valence-corrected chi connectivity index (χ0v) is 27.4. The Morgan fingerprint density at radius 3 is 1.65 bits per heavy atom. The monoisotopic (exact) mass is 784 g/mol. The quantitative estimate of drug-likeness (QED) is 0.173. The first kappa shape index (κ1) is 46.1. The Labute approximate surface area is 316 Å². The first-order valence-electron chi connectivity index (χ1n) is 16.1. The molecule has 18 heteroatoms. The van der Waals surface area contributed by atoms with Crippen LogP contribution in [0.5, 0.6) is 0 Å². The van der Waals surface area contributed by atoms with Crippen LogP contribution >= 0.6 is 0 Å². The third-order valence-electron chi connectivity index (χ3n) is 8.31. The number of esters is 2. The molecule has 0 saturated carbocycles. The van der Waals surface area contributed by atoms with E-state index in [0.717, 1.165) is 9.80 Å². The Hall–Kier alpha value is -5.04. The maximum atomic E-state index is 15.5. The third-order valence-corrected chi connectivity index (χ3v) is 8.31. The normalized spacial score (nSPS) is 26.2. The van der Waals surface area contributed by atoms with Gasteiger partial charge in [0.15, 0.2) is 12.2 Å². The maximum absolute atomic E-state index is 15.5. The standard InChI is InChI=1S/C24H22F2N2O6.C10H14F2N2O4.3CH4/c25-24(26)19(34-21(30)17-11-5-2-6-12-17)18(15-32-20(29)16-9-3-1-4-10-16)33-22(24)28-14-8-7-13-27-23(28)31;11-10(12)7(16)6(5-15)18-8(10)14-4-2-1-3-13-9(14)17;;;/h1-12,18-19,22H,13-15H2,(H,27,31);1-2,6-8,15-16H,3-5H2,(H,13,17);3*1H4/t18-,19-,22?;6-,7-,8-;;;/m11.../s1. The van der Waals surface area contributed by atoms with Crippen molar-refractivity contribution in [3.63, 3.8) is 0 Å². The molecular formula is C37H48F4N4O10. The molecule has 14 nitrogen and oxygen atoms in total. The van der Waals surface area contributed by atoms with Gasteiger partial charge in [-0.2, -0.15) is 17.6 Å². The minimum absolute atomic E-state index is 0. The molecule has 4 aliphatic heterocycles. The number of halogens is 4. The fourth-order valence-corrected chi connectivity index (χ4v) is 5.61. The summed E-state index contributed by atoms with van der Waals surface area (Å²) < 4.78 is 79.4. The van der Waals surface area contributed by atoms with Gasteiger partial charge in [-0.15, -0.1) is 0 Å². The van der Waals surface area contributed by atoms with Crippen molar-refractivity contribution in [2.45, 2.75) is 71.0 Å². The fourth-order valence-electron chi connectivity index (χ4n) is 5.61. The minimum Gasteiger partial charge on any atom is -0.459 e. The highest BCUT2D eigenvalue weighted by atomic mass is 19.3. The zero-order chi connectivity index (χ0) is 37.5. The van der Waals surface area contributed by atoms with Crippen molar-refractivity contribution in [2.24, 2.45) is 0 Å². The molecule has 4 N–H and O–H groups in total. The average Bonchev–Trinajstić information content (AvgIpc) is 3.31. The summed E-state index contributed by atoms with van der Waals surface area (Å²) in [5.41, 5.74) is 0.288. The zero-order valence-electron chi connectivity index (χ0n) is 27.4. The molecule has 2 saturated heterocycles. The number of nitrogens with one attached hydrogen (secondary N) is 2. The maximum Gasteiger partial charge on any atom is 0.338 e. The molecule has 0 radical (unpaired) electrons. The first-order chi connectivity index (χ1) is 24.9. The van der Waals surface area contributed by atoms with E-state index in [-0.39, 0.29) is 59.6 Å². The molecule has 2 fully saturated rings. The van der Waals surface area contributed by atoms with E-state index in [1.54, 1.807) is 60.7 Å². The number of hydrogen-bond acceptors (Lipinski definition) is 10. The summed E-state index contributed by atoms with van der Waals surface area (Å²) in [4.78, 5) is 50.5. The second kappa shape index (κ2) is 20.0. The molecule has 2 aromatic rings. The van der Waals surface area contributed by atoms with Crippen LogP contribution in [0.3, 0.4) is 0 Å². The predicted molar refractivity (Wildman–Crippen MR) is 191 cm³/mol. The molecule has 1 unspecified atom stereocenters. The molecule has 0 bridgehead atoms. The second-order valence-electron chi connectivity index (χ2n) is 11.8. The number of aliphatic hydroxyl groups excluding tert-OH is 2. The summed E-state index contributed by atoms with van der Waals surface area (Å²) in [6.45, 7) is -1.10. The first-order valence-corrected chi connectivity index (χ1v) is 16.1. The lowest BCUT2D eigenvalue weighted by Gasteiger charge is -2.30. The van der Waals surface area contributed by atoms with Gasteiger partial charge >= 0.3 is 35.8 Å². The number of amides is 4. The van der Waals surface area contributed by atoms with Crippen molar-refractivity contribution in [1.29, 1.82) is 0 Å². The van der Waals surface area contributed by atoms with E-state index in [9.17, 15) is 33.1 Å². The van der Waals surface area contributed by atoms with Crippen molar-refractivity contribution in [3.05, 3.63) is 96.1 Å². The van der Waals surface area contributed by atoms with Crippen molar-refractivity contribution in [1.82, 2.24) is 20.4 Å². The van der Waals surface area contributed by atoms with Crippen LogP contribution in [0.2, 0.25) is 0 Å². The minimum atomic E-state index is -3.79. The number of benzene rings is 2. The number of ether oxygens (including phenoxy) is 4. The molecular weight excluding hydrogens is 736 g/mol. The highest BCUT2D eigenvalue weighted by Gasteiger charge is 2.64. The lowest BCUT2D eigenvalue weighted by molar-refractivity contribution is -0.153. The van der Waals surface area contributed by atoms with Crippen molar-refractivity contribution >= 4 is 24.0 Å². The van der Waals surface area contributed by atoms with E-state index in [2.05, 4.69) is 10.6 Å². The molecule has 55 heavy (non-hydrogen) atoms. The SMILES string of the molecule is C.C.C.O=C(OC[C@H]1OC(N2CC=CCNC2=O)C(F)(F)[C@@H]1OC(=O)c1ccccc1)c1ccccc1.O=C1NCC=CCN1[C@@H]1O[C@H](CO)[C@@H](O)C1(F)F. The van der Waals surface area contributed by atoms with Gasteiger partial charge in [-0.05, 0) is 24.3 Å². The summed E-state index contributed by atoms with van der Waals surface area (Å²) in [6.07, 6.45) is -4.72. The fraction of sp³-hybridized carbons (Fsp3) is 0.459. The number of alkyl halides is 4. The van der Waals surface area contributed by atoms with Crippen LogP contribution in [0, 0.1) is 0 Å². The van der Waals surface area contributed by atoms with Crippen LogP contribution in [0.25, 0.3) is 0 Å². The molecule has 4 amide bonds. The number of urea groups is 2.